The topological polar surface area (TPSA) is 76.1 Å². The molecule has 0 aromatic heterocycles. The molecule has 0 aliphatic carbocycles. The largest absolute Gasteiger partial charge is 0.479 e. The molecule has 1 N–H and O–H groups in total. The lowest BCUT2D eigenvalue weighted by molar-refractivity contribution is -0.155. The highest BCUT2D eigenvalue weighted by molar-refractivity contribution is 5.89. The van der Waals surface area contributed by atoms with Crippen LogP contribution in [0.1, 0.15) is 16.7 Å². The van der Waals surface area contributed by atoms with Crippen molar-refractivity contribution in [2.45, 2.75) is 17.8 Å². The number of hydrogen-bond acceptors (Lipinski definition) is 4. The van der Waals surface area contributed by atoms with Crippen LogP contribution in [0.5, 0.6) is 0 Å². The molecule has 1 saturated heterocycles. The van der Waals surface area contributed by atoms with Gasteiger partial charge in [0, 0.05) is 16.7 Å². The van der Waals surface area contributed by atoms with Crippen molar-refractivity contribution in [1.82, 2.24) is 0 Å². The Morgan fingerprint density at radius 2 is 1.11 bits per heavy atom. The second-order valence-electron chi connectivity index (χ2n) is 6.52. The third-order valence-corrected chi connectivity index (χ3v) is 4.76. The van der Waals surface area contributed by atoms with E-state index in [9.17, 15) is 9.59 Å². The number of carbonyl (C=O) groups excluding carboxylic acids is 1. The van der Waals surface area contributed by atoms with Crippen LogP contribution in [-0.4, -0.2) is 29.3 Å². The van der Waals surface area contributed by atoms with Crippen molar-refractivity contribution < 1.29 is 24.2 Å². The van der Waals surface area contributed by atoms with Crippen molar-refractivity contribution >= 4 is 11.9 Å². The van der Waals surface area contributed by atoms with Gasteiger partial charge in [-0.15, -0.1) is 0 Å². The number of esters is 1. The number of benzene rings is 3. The number of epoxide rings is 1. The standard InChI is InChI=1S/C23H18O5/c24-21(25)19-20(27-19)22(26)28-23(16-10-4-1-5-11-16,17-12-6-2-7-13-17)18-14-8-3-9-15-18/h1-15,19-20H,(H,24,25). The number of rotatable bonds is 6. The Bertz CT molecular complexity index is 873. The zero-order valence-corrected chi connectivity index (χ0v) is 14.9. The van der Waals surface area contributed by atoms with Crippen LogP contribution in [0, 0.1) is 0 Å². The molecular formula is C23H18O5. The van der Waals surface area contributed by atoms with Crippen LogP contribution in [-0.2, 0) is 24.7 Å². The van der Waals surface area contributed by atoms with Crippen molar-refractivity contribution in [1.29, 1.82) is 0 Å². The molecular weight excluding hydrogens is 356 g/mol. The average molecular weight is 374 g/mol. The molecule has 0 radical (unpaired) electrons. The first kappa shape index (κ1) is 17.9. The van der Waals surface area contributed by atoms with Crippen LogP contribution >= 0.6 is 0 Å². The summed E-state index contributed by atoms with van der Waals surface area (Å²) >= 11 is 0. The van der Waals surface area contributed by atoms with Crippen LogP contribution in [0.2, 0.25) is 0 Å². The molecule has 1 fully saturated rings. The number of carboxylic acid groups (broad SMARTS) is 1. The van der Waals surface area contributed by atoms with Gasteiger partial charge in [0.15, 0.2) is 17.8 Å². The van der Waals surface area contributed by atoms with Gasteiger partial charge in [-0.25, -0.2) is 9.59 Å². The Kier molecular flexibility index (Phi) is 4.67. The van der Waals surface area contributed by atoms with Crippen LogP contribution in [0.15, 0.2) is 91.0 Å². The molecule has 4 rings (SSSR count). The number of carboxylic acids is 1. The Morgan fingerprint density at radius 3 is 1.43 bits per heavy atom. The number of carbonyl (C=O) groups is 2. The molecule has 1 heterocycles. The molecule has 0 saturated carbocycles. The van der Waals surface area contributed by atoms with Gasteiger partial charge in [-0.05, 0) is 0 Å². The molecule has 28 heavy (non-hydrogen) atoms. The van der Waals surface area contributed by atoms with E-state index < -0.39 is 29.7 Å². The van der Waals surface area contributed by atoms with Crippen molar-refractivity contribution in [3.05, 3.63) is 108 Å². The third kappa shape index (κ3) is 3.17. The summed E-state index contributed by atoms with van der Waals surface area (Å²) < 4.78 is 11.1. The van der Waals surface area contributed by atoms with Crippen LogP contribution < -0.4 is 0 Å². The molecule has 1 aliphatic heterocycles. The van der Waals surface area contributed by atoms with E-state index >= 15 is 0 Å². The zero-order chi connectivity index (χ0) is 19.6. The van der Waals surface area contributed by atoms with Crippen LogP contribution in [0.25, 0.3) is 0 Å². The van der Waals surface area contributed by atoms with E-state index in [-0.39, 0.29) is 0 Å². The molecule has 140 valence electrons. The highest BCUT2D eigenvalue weighted by atomic mass is 16.7. The molecule has 0 amide bonds. The van der Waals surface area contributed by atoms with E-state index in [1.807, 2.05) is 91.0 Å². The van der Waals surface area contributed by atoms with Crippen LogP contribution in [0.4, 0.5) is 0 Å². The van der Waals surface area contributed by atoms with Gasteiger partial charge in [-0.1, -0.05) is 91.0 Å². The number of ether oxygens (including phenoxy) is 2. The molecule has 3 aromatic carbocycles. The van der Waals surface area contributed by atoms with Crippen molar-refractivity contribution in [2.75, 3.05) is 0 Å². The first-order chi connectivity index (χ1) is 13.6. The number of aliphatic carboxylic acids is 1. The first-order valence-corrected chi connectivity index (χ1v) is 8.90. The van der Waals surface area contributed by atoms with E-state index in [2.05, 4.69) is 0 Å². The minimum Gasteiger partial charge on any atom is -0.479 e. The number of hydrogen-bond donors (Lipinski definition) is 1. The smallest absolute Gasteiger partial charge is 0.340 e. The lowest BCUT2D eigenvalue weighted by Crippen LogP contribution is -2.37. The summed E-state index contributed by atoms with van der Waals surface area (Å²) in [5, 5.41) is 9.09. The molecule has 2 unspecified atom stereocenters. The molecule has 1 aliphatic rings. The summed E-state index contributed by atoms with van der Waals surface area (Å²) in [6.07, 6.45) is -2.26. The average Bonchev–Trinajstić information content (AvgIpc) is 3.55. The molecule has 3 aromatic rings. The van der Waals surface area contributed by atoms with Crippen molar-refractivity contribution in [2.24, 2.45) is 0 Å². The second kappa shape index (κ2) is 7.29. The van der Waals surface area contributed by atoms with E-state index in [4.69, 9.17) is 14.6 Å². The Labute approximate surface area is 162 Å². The quantitative estimate of drug-likeness (QED) is 0.407. The van der Waals surface area contributed by atoms with Crippen LogP contribution in [0.3, 0.4) is 0 Å². The summed E-state index contributed by atoms with van der Waals surface area (Å²) in [5.41, 5.74) is 1.05. The summed E-state index contributed by atoms with van der Waals surface area (Å²) in [5.74, 6) is -1.88. The van der Waals surface area contributed by atoms with E-state index in [0.717, 1.165) is 16.7 Å². The van der Waals surface area contributed by atoms with Crippen molar-refractivity contribution in [3.63, 3.8) is 0 Å². The van der Waals surface area contributed by atoms with Gasteiger partial charge in [0.1, 0.15) is 0 Å². The van der Waals surface area contributed by atoms with Gasteiger partial charge in [-0.3, -0.25) is 0 Å². The van der Waals surface area contributed by atoms with E-state index in [1.165, 1.54) is 0 Å². The van der Waals surface area contributed by atoms with Gasteiger partial charge in [0.2, 0.25) is 0 Å². The second-order valence-corrected chi connectivity index (χ2v) is 6.52. The predicted octanol–water partition coefficient (Wildman–Crippen LogP) is 3.37. The minimum absolute atomic E-state index is 0.705. The predicted molar refractivity (Wildman–Crippen MR) is 102 cm³/mol. The van der Waals surface area contributed by atoms with E-state index in [1.54, 1.807) is 0 Å². The maximum Gasteiger partial charge on any atom is 0.340 e. The minimum atomic E-state index is -1.23. The Morgan fingerprint density at radius 1 is 0.714 bits per heavy atom. The third-order valence-electron chi connectivity index (χ3n) is 4.76. The zero-order valence-electron chi connectivity index (χ0n) is 14.9. The first-order valence-electron chi connectivity index (χ1n) is 8.90. The normalized spacial score (nSPS) is 18.3. The van der Waals surface area contributed by atoms with Gasteiger partial charge in [-0.2, -0.15) is 0 Å². The molecule has 2 atom stereocenters. The lowest BCUT2D eigenvalue weighted by atomic mass is 9.80. The monoisotopic (exact) mass is 374 g/mol. The van der Waals surface area contributed by atoms with Gasteiger partial charge < -0.3 is 14.6 Å². The highest BCUT2D eigenvalue weighted by Gasteiger charge is 2.54. The Balaban J connectivity index is 1.86. The molecule has 5 nitrogen and oxygen atoms in total. The van der Waals surface area contributed by atoms with Gasteiger partial charge in [0.05, 0.1) is 0 Å². The van der Waals surface area contributed by atoms with E-state index in [0.29, 0.717) is 0 Å². The molecule has 0 bridgehead atoms. The molecule has 0 spiro atoms. The maximum atomic E-state index is 12.8. The Hall–Kier alpha value is -3.44. The summed E-state index contributed by atoms with van der Waals surface area (Å²) in [4.78, 5) is 24.0. The fourth-order valence-corrected chi connectivity index (χ4v) is 3.38. The van der Waals surface area contributed by atoms with Crippen molar-refractivity contribution in [3.8, 4) is 0 Å². The fraction of sp³-hybridized carbons (Fsp3) is 0.130. The summed E-state index contributed by atoms with van der Waals surface area (Å²) in [6, 6.07) is 28.2. The summed E-state index contributed by atoms with van der Waals surface area (Å²) in [7, 11) is 0. The fourth-order valence-electron chi connectivity index (χ4n) is 3.38. The lowest BCUT2D eigenvalue weighted by Gasteiger charge is -2.35. The SMILES string of the molecule is O=C(O)C1OC1C(=O)OC(c1ccccc1)(c1ccccc1)c1ccccc1. The van der Waals surface area contributed by atoms with Gasteiger partial charge >= 0.3 is 11.9 Å². The van der Waals surface area contributed by atoms with Gasteiger partial charge in [0.25, 0.3) is 0 Å². The maximum absolute atomic E-state index is 12.8. The molecule has 5 heteroatoms. The highest BCUT2D eigenvalue weighted by Crippen LogP contribution is 2.42. The summed E-state index contributed by atoms with van der Waals surface area (Å²) in [6.45, 7) is 0.